The minimum absolute atomic E-state index is 0.0973. The van der Waals surface area contributed by atoms with Crippen molar-refractivity contribution in [3.8, 4) is 0 Å². The van der Waals surface area contributed by atoms with Crippen LogP contribution in [0, 0.1) is 0 Å². The molecule has 2 unspecified atom stereocenters. The van der Waals surface area contributed by atoms with Crippen molar-refractivity contribution in [3.05, 3.63) is 69.7 Å². The Hall–Kier alpha value is -2.57. The van der Waals surface area contributed by atoms with Gasteiger partial charge in [0, 0.05) is 6.04 Å². The van der Waals surface area contributed by atoms with E-state index in [1.165, 1.54) is 11.6 Å². The molecule has 1 saturated heterocycles. The number of rotatable bonds is 7. The normalized spacial score (nSPS) is 19.5. The molecule has 0 spiro atoms. The molecule has 158 valence electrons. The number of nitrogens with zero attached hydrogens (tertiary/aromatic N) is 1. The second kappa shape index (κ2) is 9.06. The Morgan fingerprint density at radius 2 is 1.83 bits per heavy atom. The number of amides is 4. The van der Waals surface area contributed by atoms with E-state index < -0.39 is 23.4 Å². The molecule has 2 aromatic carbocycles. The summed E-state index contributed by atoms with van der Waals surface area (Å²) in [5.41, 5.74) is 0.365. The number of imide groups is 1. The van der Waals surface area contributed by atoms with Crippen molar-refractivity contribution < 1.29 is 14.4 Å². The van der Waals surface area contributed by atoms with Crippen molar-refractivity contribution in [3.63, 3.8) is 0 Å². The van der Waals surface area contributed by atoms with E-state index in [0.29, 0.717) is 10.6 Å². The third-order valence-corrected chi connectivity index (χ3v) is 5.93. The molecule has 1 heterocycles. The van der Waals surface area contributed by atoms with Gasteiger partial charge in [-0.05, 0) is 49.9 Å². The quantitative estimate of drug-likeness (QED) is 0.631. The molecule has 8 heteroatoms. The van der Waals surface area contributed by atoms with E-state index in [-0.39, 0.29) is 17.6 Å². The Bertz CT molecular complexity index is 967. The lowest BCUT2D eigenvalue weighted by Gasteiger charge is -2.23. The molecule has 0 aliphatic carbocycles. The van der Waals surface area contributed by atoms with Crippen LogP contribution in [0.2, 0.25) is 10.0 Å². The van der Waals surface area contributed by atoms with Gasteiger partial charge in [-0.1, -0.05) is 59.6 Å². The van der Waals surface area contributed by atoms with Crippen LogP contribution in [-0.2, 0) is 21.5 Å². The molecule has 1 fully saturated rings. The standard InChI is InChI=1S/C22H23Cl2N3O3/c1-14(8-9-15-6-4-3-5-7-15)25-19(28)13-27-20(29)22(2,26-21(27)30)16-10-11-17(23)18(24)12-16/h3-7,10-12,14H,8-9,13H2,1-2H3,(H,25,28)(H,26,30). The average Bonchev–Trinajstić information content (AvgIpc) is 2.93. The van der Waals surface area contributed by atoms with Gasteiger partial charge in [0.1, 0.15) is 12.1 Å². The Labute approximate surface area is 185 Å². The maximum atomic E-state index is 13.0. The highest BCUT2D eigenvalue weighted by Gasteiger charge is 2.49. The predicted octanol–water partition coefficient (Wildman–Crippen LogP) is 3.90. The number of aryl methyl sites for hydroxylation is 1. The molecule has 6 nitrogen and oxygen atoms in total. The molecule has 0 saturated carbocycles. The maximum Gasteiger partial charge on any atom is 0.325 e. The van der Waals surface area contributed by atoms with Gasteiger partial charge in [-0.3, -0.25) is 14.5 Å². The molecule has 2 aromatic rings. The molecule has 4 amide bonds. The molecule has 0 aromatic heterocycles. The van der Waals surface area contributed by atoms with E-state index in [0.717, 1.165) is 17.7 Å². The molecular formula is C22H23Cl2N3O3. The van der Waals surface area contributed by atoms with Crippen LogP contribution in [0.1, 0.15) is 31.4 Å². The van der Waals surface area contributed by atoms with E-state index in [1.54, 1.807) is 19.1 Å². The first-order valence-corrected chi connectivity index (χ1v) is 10.4. The highest BCUT2D eigenvalue weighted by atomic mass is 35.5. The van der Waals surface area contributed by atoms with E-state index in [9.17, 15) is 14.4 Å². The van der Waals surface area contributed by atoms with Crippen LogP contribution >= 0.6 is 23.2 Å². The first-order chi connectivity index (χ1) is 14.2. The minimum Gasteiger partial charge on any atom is -0.352 e. The van der Waals surface area contributed by atoms with Gasteiger partial charge in [0.2, 0.25) is 5.91 Å². The van der Waals surface area contributed by atoms with Crippen LogP contribution < -0.4 is 10.6 Å². The smallest absolute Gasteiger partial charge is 0.325 e. The Morgan fingerprint density at radius 1 is 1.13 bits per heavy atom. The molecule has 0 radical (unpaired) electrons. The lowest BCUT2D eigenvalue weighted by atomic mass is 9.92. The monoisotopic (exact) mass is 447 g/mol. The summed E-state index contributed by atoms with van der Waals surface area (Å²) in [4.78, 5) is 38.7. The van der Waals surface area contributed by atoms with E-state index in [4.69, 9.17) is 23.2 Å². The first kappa shape index (κ1) is 22.1. The van der Waals surface area contributed by atoms with E-state index in [2.05, 4.69) is 10.6 Å². The van der Waals surface area contributed by atoms with Crippen LogP contribution in [0.25, 0.3) is 0 Å². The van der Waals surface area contributed by atoms with E-state index in [1.807, 2.05) is 37.3 Å². The molecule has 2 N–H and O–H groups in total. The van der Waals surface area contributed by atoms with Gasteiger partial charge in [0.05, 0.1) is 10.0 Å². The zero-order chi connectivity index (χ0) is 21.9. The zero-order valence-corrected chi connectivity index (χ0v) is 18.3. The van der Waals surface area contributed by atoms with Crippen molar-refractivity contribution >= 4 is 41.0 Å². The molecule has 1 aliphatic rings. The van der Waals surface area contributed by atoms with Gasteiger partial charge in [-0.15, -0.1) is 0 Å². The lowest BCUT2D eigenvalue weighted by molar-refractivity contribution is -0.135. The molecule has 30 heavy (non-hydrogen) atoms. The average molecular weight is 448 g/mol. The molecule has 0 bridgehead atoms. The summed E-state index contributed by atoms with van der Waals surface area (Å²) in [6.07, 6.45) is 1.57. The summed E-state index contributed by atoms with van der Waals surface area (Å²) in [6, 6.07) is 14.0. The third kappa shape index (κ3) is 4.77. The van der Waals surface area contributed by atoms with Crippen molar-refractivity contribution in [2.24, 2.45) is 0 Å². The first-order valence-electron chi connectivity index (χ1n) is 9.63. The highest BCUT2D eigenvalue weighted by Crippen LogP contribution is 2.32. The van der Waals surface area contributed by atoms with Gasteiger partial charge in [0.25, 0.3) is 5.91 Å². The summed E-state index contributed by atoms with van der Waals surface area (Å²) >= 11 is 12.0. The van der Waals surface area contributed by atoms with Crippen LogP contribution in [0.5, 0.6) is 0 Å². The third-order valence-electron chi connectivity index (χ3n) is 5.19. The van der Waals surface area contributed by atoms with Gasteiger partial charge in [-0.25, -0.2) is 4.79 Å². The topological polar surface area (TPSA) is 78.5 Å². The number of benzene rings is 2. The van der Waals surface area contributed by atoms with E-state index >= 15 is 0 Å². The summed E-state index contributed by atoms with van der Waals surface area (Å²) in [7, 11) is 0. The Balaban J connectivity index is 1.60. The number of nitrogens with one attached hydrogen (secondary N) is 2. The number of hydrogen-bond acceptors (Lipinski definition) is 3. The minimum atomic E-state index is -1.31. The number of halogens is 2. The molecule has 2 atom stereocenters. The van der Waals surface area contributed by atoms with Crippen LogP contribution in [0.3, 0.4) is 0 Å². The Morgan fingerprint density at radius 3 is 2.50 bits per heavy atom. The second-order valence-corrected chi connectivity index (χ2v) is 8.38. The number of carbonyl (C=O) groups excluding carboxylic acids is 3. The fourth-order valence-corrected chi connectivity index (χ4v) is 3.71. The van der Waals surface area contributed by atoms with Gasteiger partial charge < -0.3 is 10.6 Å². The highest BCUT2D eigenvalue weighted by molar-refractivity contribution is 6.42. The molecule has 1 aliphatic heterocycles. The van der Waals surface area contributed by atoms with Crippen molar-refractivity contribution in [2.75, 3.05) is 6.54 Å². The van der Waals surface area contributed by atoms with Crippen LogP contribution in [0.15, 0.2) is 48.5 Å². The van der Waals surface area contributed by atoms with Crippen molar-refractivity contribution in [2.45, 2.75) is 38.3 Å². The molecular weight excluding hydrogens is 425 g/mol. The van der Waals surface area contributed by atoms with Crippen molar-refractivity contribution in [1.29, 1.82) is 0 Å². The second-order valence-electron chi connectivity index (χ2n) is 7.57. The van der Waals surface area contributed by atoms with Gasteiger partial charge in [0.15, 0.2) is 0 Å². The molecule has 3 rings (SSSR count). The number of urea groups is 1. The Kier molecular flexibility index (Phi) is 6.68. The van der Waals surface area contributed by atoms with Gasteiger partial charge >= 0.3 is 6.03 Å². The van der Waals surface area contributed by atoms with Gasteiger partial charge in [-0.2, -0.15) is 0 Å². The number of hydrogen-bond donors (Lipinski definition) is 2. The largest absolute Gasteiger partial charge is 0.352 e. The lowest BCUT2D eigenvalue weighted by Crippen LogP contribution is -2.45. The number of carbonyl (C=O) groups is 3. The maximum absolute atomic E-state index is 13.0. The van der Waals surface area contributed by atoms with Crippen LogP contribution in [0.4, 0.5) is 4.79 Å². The SMILES string of the molecule is CC(CCc1ccccc1)NC(=O)CN1C(=O)NC(C)(c2ccc(Cl)c(Cl)c2)C1=O. The zero-order valence-electron chi connectivity index (χ0n) is 16.7. The van der Waals surface area contributed by atoms with Crippen molar-refractivity contribution in [1.82, 2.24) is 15.5 Å². The summed E-state index contributed by atoms with van der Waals surface area (Å²) in [6.45, 7) is 3.12. The summed E-state index contributed by atoms with van der Waals surface area (Å²) in [5, 5.41) is 6.13. The predicted molar refractivity (Wildman–Crippen MR) is 116 cm³/mol. The summed E-state index contributed by atoms with van der Waals surface area (Å²) < 4.78 is 0. The fourth-order valence-electron chi connectivity index (χ4n) is 3.41. The fraction of sp³-hybridized carbons (Fsp3) is 0.318. The van der Waals surface area contributed by atoms with Crippen LogP contribution in [-0.4, -0.2) is 35.3 Å². The summed E-state index contributed by atoms with van der Waals surface area (Å²) in [5.74, 6) is -0.907.